The Morgan fingerprint density at radius 3 is 3.00 bits per heavy atom. The van der Waals surface area contributed by atoms with Crippen molar-refractivity contribution in [2.45, 2.75) is 13.2 Å². The van der Waals surface area contributed by atoms with Crippen LogP contribution >= 0.6 is 0 Å². The van der Waals surface area contributed by atoms with Crippen molar-refractivity contribution in [3.63, 3.8) is 0 Å². The molecule has 0 bridgehead atoms. The van der Waals surface area contributed by atoms with E-state index in [4.69, 9.17) is 9.47 Å². The zero-order valence-corrected chi connectivity index (χ0v) is 7.04. The average molecular weight is 159 g/mol. The molecule has 1 fully saturated rings. The summed E-state index contributed by atoms with van der Waals surface area (Å²) in [5, 5.41) is 0. The topological polar surface area (TPSA) is 44.6 Å². The molecule has 1 aliphatic rings. The van der Waals surface area contributed by atoms with Gasteiger partial charge in [0.05, 0.1) is 0 Å². The van der Waals surface area contributed by atoms with Crippen molar-refractivity contribution in [1.82, 2.24) is 10.9 Å². The third-order valence-electron chi connectivity index (χ3n) is 1.74. The zero-order chi connectivity index (χ0) is 8.10. The van der Waals surface area contributed by atoms with Crippen LogP contribution in [0.4, 0.5) is 0 Å². The van der Waals surface area contributed by atoms with Gasteiger partial charge in [-0.15, -0.1) is 0 Å². The Morgan fingerprint density at radius 1 is 1.73 bits per heavy atom. The molecular weight excluding hydrogens is 144 g/mol. The second-order valence-electron chi connectivity index (χ2n) is 2.52. The Labute approximate surface area is 67.2 Å². The molecule has 0 spiro atoms. The number of hydrogen-bond donors (Lipinski definition) is 1. The molecule has 11 heavy (non-hydrogen) atoms. The number of rotatable bonds is 4. The van der Waals surface area contributed by atoms with Gasteiger partial charge in [0, 0.05) is 32.7 Å². The standard InChI is InChI=1S/C7H15N2O2/c1-3-11-7(10-2)6-4-8-9-5-6/h6-8H,3-5H2,1-2H3. The van der Waals surface area contributed by atoms with Crippen molar-refractivity contribution in [3.05, 3.63) is 0 Å². The fourth-order valence-electron chi connectivity index (χ4n) is 1.17. The van der Waals surface area contributed by atoms with Crippen LogP contribution in [0.2, 0.25) is 0 Å². The fourth-order valence-corrected chi connectivity index (χ4v) is 1.17. The van der Waals surface area contributed by atoms with Crippen molar-refractivity contribution >= 4 is 0 Å². The highest BCUT2D eigenvalue weighted by molar-refractivity contribution is 4.72. The van der Waals surface area contributed by atoms with E-state index in [9.17, 15) is 0 Å². The molecule has 1 heterocycles. The monoisotopic (exact) mass is 159 g/mol. The SMILES string of the molecule is CCOC(OC)C1C[N]NC1. The second-order valence-corrected chi connectivity index (χ2v) is 2.52. The molecule has 1 N–H and O–H groups in total. The van der Waals surface area contributed by atoms with Gasteiger partial charge in [0.1, 0.15) is 0 Å². The Bertz CT molecular complexity index is 105. The molecule has 2 atom stereocenters. The second kappa shape index (κ2) is 4.66. The van der Waals surface area contributed by atoms with E-state index in [1.165, 1.54) is 0 Å². The number of nitrogens with one attached hydrogen (secondary N) is 1. The van der Waals surface area contributed by atoms with Crippen LogP contribution in [0.1, 0.15) is 6.92 Å². The van der Waals surface area contributed by atoms with E-state index in [1.807, 2.05) is 6.92 Å². The molecule has 1 rings (SSSR count). The van der Waals surface area contributed by atoms with Gasteiger partial charge in [-0.3, -0.25) is 0 Å². The largest absolute Gasteiger partial charge is 0.356 e. The summed E-state index contributed by atoms with van der Waals surface area (Å²) in [6.45, 7) is 4.30. The lowest BCUT2D eigenvalue weighted by Gasteiger charge is -2.19. The molecule has 0 aromatic heterocycles. The van der Waals surface area contributed by atoms with Gasteiger partial charge >= 0.3 is 0 Å². The Balaban J connectivity index is 2.27. The summed E-state index contributed by atoms with van der Waals surface area (Å²) >= 11 is 0. The molecule has 1 radical (unpaired) electrons. The average Bonchev–Trinajstić information content (AvgIpc) is 2.52. The predicted octanol–water partition coefficient (Wildman–Crippen LogP) is -0.266. The van der Waals surface area contributed by atoms with E-state index in [-0.39, 0.29) is 6.29 Å². The van der Waals surface area contributed by atoms with Crippen LogP contribution < -0.4 is 10.9 Å². The number of ether oxygens (including phenoxy) is 2. The molecule has 2 unspecified atom stereocenters. The van der Waals surface area contributed by atoms with Crippen molar-refractivity contribution < 1.29 is 9.47 Å². The lowest BCUT2D eigenvalue weighted by atomic mass is 10.1. The normalized spacial score (nSPS) is 22.4. The Hall–Kier alpha value is -0.160. The van der Waals surface area contributed by atoms with Gasteiger partial charge in [-0.1, -0.05) is 0 Å². The zero-order valence-electron chi connectivity index (χ0n) is 7.04. The highest BCUT2D eigenvalue weighted by Crippen LogP contribution is 2.10. The van der Waals surface area contributed by atoms with Gasteiger partial charge in [-0.25, -0.2) is 5.43 Å². The third kappa shape index (κ3) is 2.41. The van der Waals surface area contributed by atoms with E-state index in [1.54, 1.807) is 7.11 Å². The summed E-state index contributed by atoms with van der Waals surface area (Å²) in [5.41, 5.74) is 6.92. The smallest absolute Gasteiger partial charge is 0.162 e. The van der Waals surface area contributed by atoms with Crippen LogP contribution in [0.5, 0.6) is 0 Å². The molecular formula is C7H15N2O2. The first kappa shape index (κ1) is 8.93. The molecule has 1 saturated heterocycles. The Kier molecular flexibility index (Phi) is 3.79. The van der Waals surface area contributed by atoms with Gasteiger partial charge in [0.2, 0.25) is 0 Å². The summed E-state index contributed by atoms with van der Waals surface area (Å²) in [6.07, 6.45) is -0.0984. The first-order chi connectivity index (χ1) is 5.38. The molecule has 65 valence electrons. The maximum Gasteiger partial charge on any atom is 0.162 e. The lowest BCUT2D eigenvalue weighted by Crippen LogP contribution is -2.29. The maximum atomic E-state index is 5.35. The van der Waals surface area contributed by atoms with Crippen LogP contribution in [0.25, 0.3) is 0 Å². The Morgan fingerprint density at radius 2 is 2.55 bits per heavy atom. The van der Waals surface area contributed by atoms with E-state index in [0.29, 0.717) is 12.5 Å². The van der Waals surface area contributed by atoms with Crippen molar-refractivity contribution in [2.24, 2.45) is 5.92 Å². The minimum atomic E-state index is -0.0984. The molecule has 4 nitrogen and oxygen atoms in total. The number of methoxy groups -OCH3 is 1. The van der Waals surface area contributed by atoms with Gasteiger partial charge in [-0.2, -0.15) is 5.43 Å². The van der Waals surface area contributed by atoms with E-state index < -0.39 is 0 Å². The van der Waals surface area contributed by atoms with Gasteiger partial charge < -0.3 is 9.47 Å². The summed E-state index contributed by atoms with van der Waals surface area (Å²) in [7, 11) is 1.67. The minimum absolute atomic E-state index is 0.0984. The van der Waals surface area contributed by atoms with E-state index in [0.717, 1.165) is 13.1 Å². The predicted molar refractivity (Wildman–Crippen MR) is 40.9 cm³/mol. The molecule has 0 aromatic carbocycles. The molecule has 0 aliphatic carbocycles. The number of hydrogen-bond acceptors (Lipinski definition) is 3. The summed E-state index contributed by atoms with van der Waals surface area (Å²) < 4.78 is 10.5. The summed E-state index contributed by atoms with van der Waals surface area (Å²) in [6, 6.07) is 0. The maximum absolute atomic E-state index is 5.35. The minimum Gasteiger partial charge on any atom is -0.356 e. The van der Waals surface area contributed by atoms with Gasteiger partial charge in [-0.05, 0) is 6.92 Å². The van der Waals surface area contributed by atoms with E-state index in [2.05, 4.69) is 10.9 Å². The van der Waals surface area contributed by atoms with Crippen molar-refractivity contribution in [3.8, 4) is 0 Å². The number of nitrogens with zero attached hydrogens (tertiary/aromatic N) is 1. The molecule has 0 aromatic rings. The molecule has 0 saturated carbocycles. The van der Waals surface area contributed by atoms with Crippen LogP contribution in [0.15, 0.2) is 0 Å². The first-order valence-corrected chi connectivity index (χ1v) is 3.92. The van der Waals surface area contributed by atoms with Crippen LogP contribution in [-0.2, 0) is 9.47 Å². The highest BCUT2D eigenvalue weighted by Gasteiger charge is 2.25. The van der Waals surface area contributed by atoms with Crippen LogP contribution in [0, 0.1) is 5.92 Å². The summed E-state index contributed by atoms with van der Waals surface area (Å²) in [4.78, 5) is 0. The van der Waals surface area contributed by atoms with E-state index >= 15 is 0 Å². The summed E-state index contributed by atoms with van der Waals surface area (Å²) in [5.74, 6) is 0.375. The van der Waals surface area contributed by atoms with Crippen LogP contribution in [0.3, 0.4) is 0 Å². The molecule has 0 amide bonds. The lowest BCUT2D eigenvalue weighted by molar-refractivity contribution is -0.146. The van der Waals surface area contributed by atoms with Crippen LogP contribution in [-0.4, -0.2) is 33.1 Å². The van der Waals surface area contributed by atoms with Gasteiger partial charge in [0.25, 0.3) is 0 Å². The van der Waals surface area contributed by atoms with Crippen molar-refractivity contribution in [1.29, 1.82) is 0 Å². The fraction of sp³-hybridized carbons (Fsp3) is 1.00. The third-order valence-corrected chi connectivity index (χ3v) is 1.74. The van der Waals surface area contributed by atoms with Crippen molar-refractivity contribution in [2.75, 3.05) is 26.8 Å². The first-order valence-electron chi connectivity index (χ1n) is 3.92. The van der Waals surface area contributed by atoms with Gasteiger partial charge in [0.15, 0.2) is 6.29 Å². The highest BCUT2D eigenvalue weighted by atomic mass is 16.7. The molecule has 4 heteroatoms. The quantitative estimate of drug-likeness (QED) is 0.574. The molecule has 1 aliphatic heterocycles.